The molecule has 2 aliphatic rings. The molecule has 0 heterocycles. The molecule has 17 heavy (non-hydrogen) atoms. The highest BCUT2D eigenvalue weighted by Gasteiger charge is 2.17. The Balaban J connectivity index is 1.61. The predicted octanol–water partition coefficient (Wildman–Crippen LogP) is 2.36. The molecule has 1 amide bonds. The van der Waals surface area contributed by atoms with E-state index in [0.717, 1.165) is 0 Å². The number of rotatable bonds is 4. The minimum Gasteiger partial charge on any atom is -0.352 e. The number of hydrogen-bond acceptors (Lipinski definition) is 2. The third-order valence-electron chi connectivity index (χ3n) is 4.13. The standard InChI is InChI=1S/C14H26N2O/c17-14(11-15-12-7-5-6-8-12)16-13-9-3-1-2-4-10-13/h12-13,15H,1-11H2,(H,16,17). The van der Waals surface area contributed by atoms with Gasteiger partial charge >= 0.3 is 0 Å². The summed E-state index contributed by atoms with van der Waals surface area (Å²) in [5.74, 6) is 0.198. The molecule has 2 aliphatic carbocycles. The van der Waals surface area contributed by atoms with E-state index >= 15 is 0 Å². The van der Waals surface area contributed by atoms with Gasteiger partial charge in [0.15, 0.2) is 0 Å². The van der Waals surface area contributed by atoms with E-state index < -0.39 is 0 Å². The minimum absolute atomic E-state index is 0.198. The van der Waals surface area contributed by atoms with Crippen molar-refractivity contribution in [1.29, 1.82) is 0 Å². The van der Waals surface area contributed by atoms with E-state index in [1.165, 1.54) is 64.2 Å². The van der Waals surface area contributed by atoms with Gasteiger partial charge < -0.3 is 10.6 Å². The van der Waals surface area contributed by atoms with Crippen molar-refractivity contribution in [3.63, 3.8) is 0 Å². The molecule has 2 N–H and O–H groups in total. The number of amides is 1. The minimum atomic E-state index is 0.198. The summed E-state index contributed by atoms with van der Waals surface area (Å²) < 4.78 is 0. The first-order chi connectivity index (χ1) is 8.34. The van der Waals surface area contributed by atoms with Crippen molar-refractivity contribution >= 4 is 5.91 Å². The molecule has 3 heteroatoms. The maximum absolute atomic E-state index is 11.8. The van der Waals surface area contributed by atoms with E-state index in [1.54, 1.807) is 0 Å². The van der Waals surface area contributed by atoms with Crippen LogP contribution in [0, 0.1) is 0 Å². The molecule has 0 unspecified atom stereocenters. The van der Waals surface area contributed by atoms with E-state index in [2.05, 4.69) is 10.6 Å². The Morgan fingerprint density at radius 2 is 1.35 bits per heavy atom. The summed E-state index contributed by atoms with van der Waals surface area (Å²) in [5.41, 5.74) is 0. The molecule has 0 saturated heterocycles. The van der Waals surface area contributed by atoms with E-state index in [4.69, 9.17) is 0 Å². The smallest absolute Gasteiger partial charge is 0.234 e. The van der Waals surface area contributed by atoms with Gasteiger partial charge in [-0.25, -0.2) is 0 Å². The van der Waals surface area contributed by atoms with Crippen LogP contribution in [0.5, 0.6) is 0 Å². The lowest BCUT2D eigenvalue weighted by atomic mass is 10.1. The third kappa shape index (κ3) is 4.66. The SMILES string of the molecule is O=C(CNC1CCCC1)NC1CCCCCC1. The average Bonchev–Trinajstić information content (AvgIpc) is 2.72. The maximum Gasteiger partial charge on any atom is 0.234 e. The monoisotopic (exact) mass is 238 g/mol. The second-order valence-electron chi connectivity index (χ2n) is 5.62. The lowest BCUT2D eigenvalue weighted by Crippen LogP contribution is -2.42. The van der Waals surface area contributed by atoms with E-state index in [9.17, 15) is 4.79 Å². The second kappa shape index (κ2) is 7.00. The van der Waals surface area contributed by atoms with Gasteiger partial charge in [-0.15, -0.1) is 0 Å². The number of carbonyl (C=O) groups excluding carboxylic acids is 1. The first kappa shape index (κ1) is 12.9. The van der Waals surface area contributed by atoms with Gasteiger partial charge in [-0.2, -0.15) is 0 Å². The fourth-order valence-corrected chi connectivity index (χ4v) is 3.07. The van der Waals surface area contributed by atoms with Gasteiger partial charge in [0.05, 0.1) is 6.54 Å². The highest BCUT2D eigenvalue weighted by atomic mass is 16.1. The summed E-state index contributed by atoms with van der Waals surface area (Å²) in [5, 5.41) is 6.56. The van der Waals surface area contributed by atoms with E-state index in [0.29, 0.717) is 18.6 Å². The lowest BCUT2D eigenvalue weighted by Gasteiger charge is -2.17. The van der Waals surface area contributed by atoms with Crippen LogP contribution in [0.1, 0.15) is 64.2 Å². The van der Waals surface area contributed by atoms with Crippen LogP contribution in [-0.4, -0.2) is 24.5 Å². The molecule has 0 radical (unpaired) electrons. The van der Waals surface area contributed by atoms with Gasteiger partial charge in [0.2, 0.25) is 5.91 Å². The largest absolute Gasteiger partial charge is 0.352 e. The van der Waals surface area contributed by atoms with Gasteiger partial charge in [-0.05, 0) is 25.7 Å². The molecule has 0 aromatic rings. The molecule has 0 atom stereocenters. The van der Waals surface area contributed by atoms with Crippen LogP contribution in [0.15, 0.2) is 0 Å². The molecular weight excluding hydrogens is 212 g/mol. The summed E-state index contributed by atoms with van der Waals surface area (Å²) in [7, 11) is 0. The van der Waals surface area contributed by atoms with Gasteiger partial charge in [0.1, 0.15) is 0 Å². The molecule has 0 spiro atoms. The zero-order chi connectivity index (χ0) is 11.9. The van der Waals surface area contributed by atoms with Crippen LogP contribution in [0.25, 0.3) is 0 Å². The molecule has 0 bridgehead atoms. The number of hydrogen-bond donors (Lipinski definition) is 2. The zero-order valence-electron chi connectivity index (χ0n) is 10.8. The molecule has 3 nitrogen and oxygen atoms in total. The van der Waals surface area contributed by atoms with Crippen LogP contribution in [0.4, 0.5) is 0 Å². The van der Waals surface area contributed by atoms with Gasteiger partial charge in [-0.3, -0.25) is 4.79 Å². The van der Waals surface area contributed by atoms with Crippen molar-refractivity contribution in [2.24, 2.45) is 0 Å². The normalized spacial score (nSPS) is 23.5. The fraction of sp³-hybridized carbons (Fsp3) is 0.929. The van der Waals surface area contributed by atoms with Crippen molar-refractivity contribution in [2.45, 2.75) is 76.3 Å². The highest BCUT2D eigenvalue weighted by Crippen LogP contribution is 2.18. The summed E-state index contributed by atoms with van der Waals surface area (Å²) in [6.45, 7) is 0.515. The topological polar surface area (TPSA) is 41.1 Å². The molecule has 2 rings (SSSR count). The van der Waals surface area contributed by atoms with Crippen molar-refractivity contribution in [2.75, 3.05) is 6.54 Å². The molecule has 0 aromatic heterocycles. The Bertz CT molecular complexity index is 228. The fourth-order valence-electron chi connectivity index (χ4n) is 3.07. The zero-order valence-corrected chi connectivity index (χ0v) is 10.8. The first-order valence-corrected chi connectivity index (χ1v) is 7.37. The molecule has 0 aliphatic heterocycles. The Kier molecular flexibility index (Phi) is 5.30. The molecule has 2 saturated carbocycles. The van der Waals surface area contributed by atoms with Crippen molar-refractivity contribution in [3.8, 4) is 0 Å². The van der Waals surface area contributed by atoms with Crippen LogP contribution in [0.2, 0.25) is 0 Å². The van der Waals surface area contributed by atoms with Crippen molar-refractivity contribution in [3.05, 3.63) is 0 Å². The maximum atomic E-state index is 11.8. The number of carbonyl (C=O) groups is 1. The van der Waals surface area contributed by atoms with Crippen LogP contribution >= 0.6 is 0 Å². The van der Waals surface area contributed by atoms with E-state index in [1.807, 2.05) is 0 Å². The van der Waals surface area contributed by atoms with Crippen molar-refractivity contribution in [1.82, 2.24) is 10.6 Å². The molecule has 0 aromatic carbocycles. The Morgan fingerprint density at radius 1 is 0.824 bits per heavy atom. The van der Waals surface area contributed by atoms with Crippen LogP contribution in [0.3, 0.4) is 0 Å². The molecule has 98 valence electrons. The quantitative estimate of drug-likeness (QED) is 0.738. The third-order valence-corrected chi connectivity index (χ3v) is 4.13. The van der Waals surface area contributed by atoms with Crippen molar-refractivity contribution < 1.29 is 4.79 Å². The Morgan fingerprint density at radius 3 is 2.00 bits per heavy atom. The Hall–Kier alpha value is -0.570. The summed E-state index contributed by atoms with van der Waals surface area (Å²) in [6, 6.07) is 1.03. The second-order valence-corrected chi connectivity index (χ2v) is 5.62. The lowest BCUT2D eigenvalue weighted by molar-refractivity contribution is -0.121. The first-order valence-electron chi connectivity index (χ1n) is 7.37. The van der Waals surface area contributed by atoms with Crippen LogP contribution in [-0.2, 0) is 4.79 Å². The van der Waals surface area contributed by atoms with E-state index in [-0.39, 0.29) is 5.91 Å². The average molecular weight is 238 g/mol. The number of nitrogens with one attached hydrogen (secondary N) is 2. The highest BCUT2D eigenvalue weighted by molar-refractivity contribution is 5.78. The van der Waals surface area contributed by atoms with Gasteiger partial charge in [0, 0.05) is 12.1 Å². The molecule has 2 fully saturated rings. The summed E-state index contributed by atoms with van der Waals surface area (Å²) in [4.78, 5) is 11.8. The Labute approximate surface area is 105 Å². The summed E-state index contributed by atoms with van der Waals surface area (Å²) in [6.07, 6.45) is 12.7. The van der Waals surface area contributed by atoms with Crippen LogP contribution < -0.4 is 10.6 Å². The predicted molar refractivity (Wildman–Crippen MR) is 69.9 cm³/mol. The van der Waals surface area contributed by atoms with Gasteiger partial charge in [-0.1, -0.05) is 38.5 Å². The molecular formula is C14H26N2O. The van der Waals surface area contributed by atoms with Gasteiger partial charge in [0.25, 0.3) is 0 Å². The summed E-state index contributed by atoms with van der Waals surface area (Å²) >= 11 is 0.